The molecule has 0 aliphatic rings. The molecule has 0 radical (unpaired) electrons. The fraction of sp³-hybridized carbons (Fsp3) is 0.273. The van der Waals surface area contributed by atoms with Crippen molar-refractivity contribution in [2.24, 2.45) is 0 Å². The third kappa shape index (κ3) is 2.25. The molecule has 0 amide bonds. The third-order valence-corrected chi connectivity index (χ3v) is 2.86. The zero-order chi connectivity index (χ0) is 12.4. The van der Waals surface area contributed by atoms with Crippen molar-refractivity contribution in [2.75, 3.05) is 13.7 Å². The van der Waals surface area contributed by atoms with Gasteiger partial charge in [-0.1, -0.05) is 11.6 Å². The number of nitro benzene ring substituents is 1. The van der Waals surface area contributed by atoms with Gasteiger partial charge in [0.1, 0.15) is 0 Å². The van der Waals surface area contributed by atoms with Gasteiger partial charge in [-0.3, -0.25) is 10.1 Å². The van der Waals surface area contributed by atoms with E-state index >= 15 is 0 Å². The summed E-state index contributed by atoms with van der Waals surface area (Å²) in [5.74, 6) is 0. The first-order valence-corrected chi connectivity index (χ1v) is 5.43. The third-order valence-electron chi connectivity index (χ3n) is 2.56. The van der Waals surface area contributed by atoms with Crippen LogP contribution in [-0.2, 0) is 11.3 Å². The molecular formula is C11H11ClN2O3. The topological polar surface area (TPSA) is 57.3 Å². The van der Waals surface area contributed by atoms with Crippen LogP contribution in [0.3, 0.4) is 0 Å². The molecule has 6 heteroatoms. The summed E-state index contributed by atoms with van der Waals surface area (Å²) in [6.45, 7) is 1.23. The zero-order valence-corrected chi connectivity index (χ0v) is 9.98. The minimum absolute atomic E-state index is 0.0453. The number of ether oxygens (including phenoxy) is 1. The van der Waals surface area contributed by atoms with E-state index in [1.165, 1.54) is 12.1 Å². The van der Waals surface area contributed by atoms with Crippen molar-refractivity contribution in [1.82, 2.24) is 4.57 Å². The Balaban J connectivity index is 2.49. The molecule has 5 nitrogen and oxygen atoms in total. The number of non-ortho nitro benzene ring substituents is 1. The van der Waals surface area contributed by atoms with Gasteiger partial charge in [-0.05, 0) is 6.07 Å². The smallest absolute Gasteiger partial charge is 0.270 e. The van der Waals surface area contributed by atoms with Crippen molar-refractivity contribution in [3.63, 3.8) is 0 Å². The maximum atomic E-state index is 10.7. The van der Waals surface area contributed by atoms with Gasteiger partial charge in [0, 0.05) is 37.4 Å². The molecule has 0 aliphatic carbocycles. The van der Waals surface area contributed by atoms with Gasteiger partial charge in [0.2, 0.25) is 0 Å². The van der Waals surface area contributed by atoms with Crippen LogP contribution >= 0.6 is 11.6 Å². The van der Waals surface area contributed by atoms with E-state index in [0.29, 0.717) is 23.6 Å². The van der Waals surface area contributed by atoms with Crippen LogP contribution in [0.15, 0.2) is 24.4 Å². The molecule has 1 heterocycles. The molecular weight excluding hydrogens is 244 g/mol. The number of nitro groups is 1. The molecule has 1 aromatic carbocycles. The SMILES string of the molecule is COCCn1cc(Cl)c2cc([N+](=O)[O-])ccc21. The lowest BCUT2D eigenvalue weighted by Crippen LogP contribution is -2.02. The maximum absolute atomic E-state index is 10.7. The standard InChI is InChI=1S/C11H11ClN2O3/c1-17-5-4-13-7-10(12)9-6-8(14(15)16)2-3-11(9)13/h2-3,6-7H,4-5H2,1H3. The highest BCUT2D eigenvalue weighted by Crippen LogP contribution is 2.29. The van der Waals surface area contributed by atoms with Crippen molar-refractivity contribution in [1.29, 1.82) is 0 Å². The Morgan fingerprint density at radius 3 is 2.94 bits per heavy atom. The molecule has 0 saturated heterocycles. The molecule has 2 rings (SSSR count). The average Bonchev–Trinajstić information content (AvgIpc) is 2.63. The summed E-state index contributed by atoms with van der Waals surface area (Å²) < 4.78 is 6.92. The molecule has 0 atom stereocenters. The molecule has 0 bridgehead atoms. The van der Waals surface area contributed by atoms with Gasteiger partial charge < -0.3 is 9.30 Å². The zero-order valence-electron chi connectivity index (χ0n) is 9.22. The number of rotatable bonds is 4. The largest absolute Gasteiger partial charge is 0.383 e. The van der Waals surface area contributed by atoms with E-state index in [0.717, 1.165) is 5.52 Å². The van der Waals surface area contributed by atoms with E-state index in [2.05, 4.69) is 0 Å². The minimum atomic E-state index is -0.428. The Bertz CT molecular complexity index is 565. The Hall–Kier alpha value is -1.59. The molecule has 0 fully saturated rings. The number of halogens is 1. The summed E-state index contributed by atoms with van der Waals surface area (Å²) in [6.07, 6.45) is 1.76. The Kier molecular flexibility index (Phi) is 3.31. The molecule has 2 aromatic rings. The lowest BCUT2D eigenvalue weighted by Gasteiger charge is -2.03. The number of hydrogen-bond acceptors (Lipinski definition) is 3. The van der Waals surface area contributed by atoms with Crippen LogP contribution in [0.5, 0.6) is 0 Å². The van der Waals surface area contributed by atoms with Crippen LogP contribution in [0.4, 0.5) is 5.69 Å². The summed E-state index contributed by atoms with van der Waals surface area (Å²) in [5.41, 5.74) is 0.918. The van der Waals surface area contributed by atoms with Crippen molar-refractivity contribution in [3.05, 3.63) is 39.5 Å². The Morgan fingerprint density at radius 1 is 1.53 bits per heavy atom. The number of nitrogens with zero attached hydrogens (tertiary/aromatic N) is 2. The average molecular weight is 255 g/mol. The number of benzene rings is 1. The number of fused-ring (bicyclic) bond motifs is 1. The first kappa shape index (κ1) is 11.9. The monoisotopic (exact) mass is 254 g/mol. The second-order valence-electron chi connectivity index (χ2n) is 3.62. The van der Waals surface area contributed by atoms with Gasteiger partial charge in [-0.25, -0.2) is 0 Å². The van der Waals surface area contributed by atoms with E-state index in [1.54, 1.807) is 19.4 Å². The Morgan fingerprint density at radius 2 is 2.29 bits per heavy atom. The van der Waals surface area contributed by atoms with Gasteiger partial charge in [0.05, 0.1) is 22.1 Å². The van der Waals surface area contributed by atoms with Crippen LogP contribution in [0, 0.1) is 10.1 Å². The highest BCUT2D eigenvalue weighted by molar-refractivity contribution is 6.35. The van der Waals surface area contributed by atoms with Gasteiger partial charge in [-0.2, -0.15) is 0 Å². The van der Waals surface area contributed by atoms with Gasteiger partial charge >= 0.3 is 0 Å². The van der Waals surface area contributed by atoms with E-state index < -0.39 is 4.92 Å². The van der Waals surface area contributed by atoms with Crippen LogP contribution in [0.1, 0.15) is 0 Å². The van der Waals surface area contributed by atoms with Crippen molar-refractivity contribution in [2.45, 2.75) is 6.54 Å². The second-order valence-corrected chi connectivity index (χ2v) is 4.03. The molecule has 0 N–H and O–H groups in total. The normalized spacial score (nSPS) is 10.9. The van der Waals surface area contributed by atoms with E-state index in [-0.39, 0.29) is 5.69 Å². The van der Waals surface area contributed by atoms with Crippen molar-refractivity contribution in [3.8, 4) is 0 Å². The van der Waals surface area contributed by atoms with E-state index in [4.69, 9.17) is 16.3 Å². The van der Waals surface area contributed by atoms with Crippen molar-refractivity contribution >= 4 is 28.2 Å². The molecule has 0 saturated carbocycles. The van der Waals surface area contributed by atoms with Crippen LogP contribution in [0.2, 0.25) is 5.02 Å². The van der Waals surface area contributed by atoms with Gasteiger partial charge in [0.15, 0.2) is 0 Å². The first-order valence-electron chi connectivity index (χ1n) is 5.05. The quantitative estimate of drug-likeness (QED) is 0.623. The predicted molar refractivity (Wildman–Crippen MR) is 65.5 cm³/mol. The predicted octanol–water partition coefficient (Wildman–Crippen LogP) is 2.85. The van der Waals surface area contributed by atoms with Crippen LogP contribution in [0.25, 0.3) is 10.9 Å². The molecule has 0 spiro atoms. The fourth-order valence-corrected chi connectivity index (χ4v) is 2.00. The fourth-order valence-electron chi connectivity index (χ4n) is 1.73. The Labute approximate surface area is 103 Å². The lowest BCUT2D eigenvalue weighted by molar-refractivity contribution is -0.384. The number of hydrogen-bond donors (Lipinski definition) is 0. The highest BCUT2D eigenvalue weighted by atomic mass is 35.5. The summed E-state index contributed by atoms with van der Waals surface area (Å²) in [4.78, 5) is 10.2. The van der Waals surface area contributed by atoms with E-state index in [1.807, 2.05) is 4.57 Å². The van der Waals surface area contributed by atoms with Gasteiger partial charge in [-0.15, -0.1) is 0 Å². The number of methoxy groups -OCH3 is 1. The summed E-state index contributed by atoms with van der Waals surface area (Å²) in [6, 6.07) is 4.66. The summed E-state index contributed by atoms with van der Waals surface area (Å²) >= 11 is 6.05. The summed E-state index contributed by atoms with van der Waals surface area (Å²) in [7, 11) is 1.62. The number of aromatic nitrogens is 1. The highest BCUT2D eigenvalue weighted by Gasteiger charge is 2.12. The second kappa shape index (κ2) is 4.73. The van der Waals surface area contributed by atoms with E-state index in [9.17, 15) is 10.1 Å². The minimum Gasteiger partial charge on any atom is -0.383 e. The molecule has 0 unspecified atom stereocenters. The molecule has 0 aliphatic heterocycles. The molecule has 90 valence electrons. The lowest BCUT2D eigenvalue weighted by atomic mass is 10.2. The first-order chi connectivity index (χ1) is 8.13. The van der Waals surface area contributed by atoms with Crippen molar-refractivity contribution < 1.29 is 9.66 Å². The maximum Gasteiger partial charge on any atom is 0.270 e. The van der Waals surface area contributed by atoms with Crippen LogP contribution in [-0.4, -0.2) is 23.2 Å². The van der Waals surface area contributed by atoms with Crippen LogP contribution < -0.4 is 0 Å². The molecule has 17 heavy (non-hydrogen) atoms. The van der Waals surface area contributed by atoms with Gasteiger partial charge in [0.25, 0.3) is 5.69 Å². The summed E-state index contributed by atoms with van der Waals surface area (Å²) in [5, 5.41) is 11.9. The molecule has 1 aromatic heterocycles.